The molecule has 2 rings (SSSR count). The minimum atomic E-state index is -0.112. The molecule has 1 aromatic carbocycles. The van der Waals surface area contributed by atoms with E-state index in [4.69, 9.17) is 0 Å². The number of carbonyl (C=O) groups excluding carboxylic acids is 2. The van der Waals surface area contributed by atoms with Crippen molar-refractivity contribution >= 4 is 28.0 Å². The maximum absolute atomic E-state index is 11.9. The molecule has 1 unspecified atom stereocenters. The molecule has 4 nitrogen and oxygen atoms in total. The van der Waals surface area contributed by atoms with Crippen LogP contribution in [0, 0.1) is 0 Å². The second-order valence-corrected chi connectivity index (χ2v) is 4.75. The number of benzene rings is 1. The molecule has 0 saturated carbocycles. The summed E-state index contributed by atoms with van der Waals surface area (Å²) >= 11 is 0.960. The van der Waals surface area contributed by atoms with Gasteiger partial charge in [-0.1, -0.05) is 30.3 Å². The van der Waals surface area contributed by atoms with Crippen molar-refractivity contribution in [3.63, 3.8) is 0 Å². The summed E-state index contributed by atoms with van der Waals surface area (Å²) in [7, 11) is 0. The molecule has 88 valence electrons. The lowest BCUT2D eigenvalue weighted by Gasteiger charge is -2.16. The lowest BCUT2D eigenvalue weighted by atomic mass is 10.2. The Morgan fingerprint density at radius 3 is 2.76 bits per heavy atom. The first-order valence-electron chi connectivity index (χ1n) is 5.30. The van der Waals surface area contributed by atoms with Crippen LogP contribution in [0.3, 0.4) is 0 Å². The Morgan fingerprint density at radius 1 is 1.41 bits per heavy atom. The molecule has 1 aromatic rings. The van der Waals surface area contributed by atoms with Crippen molar-refractivity contribution in [2.24, 2.45) is 4.99 Å². The van der Waals surface area contributed by atoms with Gasteiger partial charge in [0.2, 0.25) is 11.0 Å². The minimum absolute atomic E-state index is 0.0603. The number of carbonyl (C=O) groups is 2. The molecule has 0 aromatic heterocycles. The predicted octanol–water partition coefficient (Wildman–Crippen LogP) is 1.82. The SMILES string of the molecule is CC1CC(=O)NC(SC(=O)c2ccccc2)=N1. The topological polar surface area (TPSA) is 58.5 Å². The first-order valence-corrected chi connectivity index (χ1v) is 6.11. The molecule has 1 aliphatic rings. The van der Waals surface area contributed by atoms with Gasteiger partial charge in [-0.15, -0.1) is 0 Å². The van der Waals surface area contributed by atoms with Gasteiger partial charge in [0.15, 0.2) is 5.17 Å². The zero-order valence-corrected chi connectivity index (χ0v) is 10.2. The first kappa shape index (κ1) is 11.9. The Kier molecular flexibility index (Phi) is 3.58. The summed E-state index contributed by atoms with van der Waals surface area (Å²) < 4.78 is 0. The van der Waals surface area contributed by atoms with Crippen LogP contribution < -0.4 is 5.32 Å². The third-order valence-corrected chi connectivity index (χ3v) is 3.09. The fraction of sp³-hybridized carbons (Fsp3) is 0.250. The summed E-state index contributed by atoms with van der Waals surface area (Å²) in [6, 6.07) is 8.88. The molecule has 0 radical (unpaired) electrons. The highest BCUT2D eigenvalue weighted by Gasteiger charge is 2.20. The van der Waals surface area contributed by atoms with Crippen molar-refractivity contribution < 1.29 is 9.59 Å². The van der Waals surface area contributed by atoms with E-state index in [2.05, 4.69) is 10.3 Å². The van der Waals surface area contributed by atoms with Crippen LogP contribution in [-0.2, 0) is 4.79 Å². The summed E-state index contributed by atoms with van der Waals surface area (Å²) in [6.07, 6.45) is 0.379. The number of hydrogen-bond acceptors (Lipinski definition) is 4. The number of aliphatic imine (C=N–C) groups is 1. The maximum Gasteiger partial charge on any atom is 0.228 e. The monoisotopic (exact) mass is 248 g/mol. The van der Waals surface area contributed by atoms with E-state index in [1.807, 2.05) is 13.0 Å². The predicted molar refractivity (Wildman–Crippen MR) is 68.0 cm³/mol. The number of nitrogens with one attached hydrogen (secondary N) is 1. The second-order valence-electron chi connectivity index (χ2n) is 3.79. The minimum Gasteiger partial charge on any atom is -0.305 e. The summed E-state index contributed by atoms with van der Waals surface area (Å²) in [4.78, 5) is 27.4. The highest BCUT2D eigenvalue weighted by molar-refractivity contribution is 8.26. The number of amidine groups is 1. The van der Waals surface area contributed by atoms with E-state index in [-0.39, 0.29) is 17.1 Å². The van der Waals surface area contributed by atoms with Crippen molar-refractivity contribution in [1.82, 2.24) is 5.32 Å². The Balaban J connectivity index is 2.07. The standard InChI is InChI=1S/C12H12N2O2S/c1-8-7-10(15)14-12(13-8)17-11(16)9-5-3-2-4-6-9/h2-6,8H,7H2,1H3,(H,13,14,15). The Morgan fingerprint density at radius 2 is 2.12 bits per heavy atom. The molecule has 1 heterocycles. The summed E-state index contributed by atoms with van der Waals surface area (Å²) in [5, 5.41) is 2.88. The van der Waals surface area contributed by atoms with Crippen molar-refractivity contribution in [3.8, 4) is 0 Å². The Labute approximate surface area is 104 Å². The van der Waals surface area contributed by atoms with Crippen LogP contribution >= 0.6 is 11.8 Å². The smallest absolute Gasteiger partial charge is 0.228 e. The zero-order chi connectivity index (χ0) is 12.3. The van der Waals surface area contributed by atoms with E-state index in [9.17, 15) is 9.59 Å². The summed E-state index contributed by atoms with van der Waals surface area (Å²) in [6.45, 7) is 1.85. The van der Waals surface area contributed by atoms with Gasteiger partial charge in [0.1, 0.15) is 0 Å². The van der Waals surface area contributed by atoms with Gasteiger partial charge in [0.25, 0.3) is 0 Å². The van der Waals surface area contributed by atoms with Crippen molar-refractivity contribution in [1.29, 1.82) is 0 Å². The fourth-order valence-electron chi connectivity index (χ4n) is 1.49. The number of rotatable bonds is 1. The van der Waals surface area contributed by atoms with Crippen LogP contribution in [0.4, 0.5) is 0 Å². The summed E-state index contributed by atoms with van der Waals surface area (Å²) in [5.41, 5.74) is 0.604. The molecule has 0 aliphatic carbocycles. The van der Waals surface area contributed by atoms with E-state index in [1.165, 1.54) is 0 Å². The first-order chi connectivity index (χ1) is 8.15. The molecule has 1 N–H and O–H groups in total. The van der Waals surface area contributed by atoms with E-state index in [0.29, 0.717) is 17.2 Å². The van der Waals surface area contributed by atoms with Gasteiger partial charge < -0.3 is 5.32 Å². The molecular formula is C12H12N2O2S. The normalized spacial score (nSPS) is 19.5. The molecule has 5 heteroatoms. The van der Waals surface area contributed by atoms with Gasteiger partial charge in [0.05, 0.1) is 6.04 Å². The molecule has 0 fully saturated rings. The van der Waals surface area contributed by atoms with Crippen LogP contribution in [-0.4, -0.2) is 22.2 Å². The van der Waals surface area contributed by atoms with E-state index in [1.54, 1.807) is 24.3 Å². The fourth-order valence-corrected chi connectivity index (χ4v) is 2.32. The third-order valence-electron chi connectivity index (χ3n) is 2.26. The molecular weight excluding hydrogens is 236 g/mol. The lowest BCUT2D eigenvalue weighted by molar-refractivity contribution is -0.120. The van der Waals surface area contributed by atoms with Crippen LogP contribution in [0.2, 0.25) is 0 Å². The molecule has 0 saturated heterocycles. The van der Waals surface area contributed by atoms with Gasteiger partial charge in [0, 0.05) is 12.0 Å². The molecule has 1 atom stereocenters. The van der Waals surface area contributed by atoms with Crippen LogP contribution in [0.1, 0.15) is 23.7 Å². The molecule has 1 amide bonds. The number of nitrogens with zero attached hydrogens (tertiary/aromatic N) is 1. The summed E-state index contributed by atoms with van der Waals surface area (Å²) in [5.74, 6) is -0.0872. The number of amides is 1. The Hall–Kier alpha value is -1.62. The average molecular weight is 248 g/mol. The van der Waals surface area contributed by atoms with Gasteiger partial charge in [-0.2, -0.15) is 0 Å². The highest BCUT2D eigenvalue weighted by atomic mass is 32.2. The van der Waals surface area contributed by atoms with Crippen molar-refractivity contribution in [2.45, 2.75) is 19.4 Å². The van der Waals surface area contributed by atoms with E-state index >= 15 is 0 Å². The van der Waals surface area contributed by atoms with Crippen LogP contribution in [0.15, 0.2) is 35.3 Å². The van der Waals surface area contributed by atoms with Crippen LogP contribution in [0.5, 0.6) is 0 Å². The van der Waals surface area contributed by atoms with Crippen molar-refractivity contribution in [2.75, 3.05) is 0 Å². The Bertz CT molecular complexity index is 471. The lowest BCUT2D eigenvalue weighted by Crippen LogP contribution is -2.36. The second kappa shape index (κ2) is 5.14. The molecule has 0 bridgehead atoms. The van der Waals surface area contributed by atoms with E-state index < -0.39 is 0 Å². The molecule has 1 aliphatic heterocycles. The largest absolute Gasteiger partial charge is 0.305 e. The number of thioether (sulfide) groups is 1. The van der Waals surface area contributed by atoms with Crippen molar-refractivity contribution in [3.05, 3.63) is 35.9 Å². The molecule has 0 spiro atoms. The van der Waals surface area contributed by atoms with Gasteiger partial charge >= 0.3 is 0 Å². The van der Waals surface area contributed by atoms with Gasteiger partial charge in [-0.05, 0) is 18.7 Å². The third kappa shape index (κ3) is 3.17. The van der Waals surface area contributed by atoms with E-state index in [0.717, 1.165) is 11.8 Å². The van der Waals surface area contributed by atoms with Gasteiger partial charge in [-0.3, -0.25) is 14.6 Å². The highest BCUT2D eigenvalue weighted by Crippen LogP contribution is 2.16. The quantitative estimate of drug-likeness (QED) is 0.824. The average Bonchev–Trinajstić information content (AvgIpc) is 2.28. The number of hydrogen-bond donors (Lipinski definition) is 1. The van der Waals surface area contributed by atoms with Crippen LogP contribution in [0.25, 0.3) is 0 Å². The van der Waals surface area contributed by atoms with Gasteiger partial charge in [-0.25, -0.2) is 0 Å². The maximum atomic E-state index is 11.9. The zero-order valence-electron chi connectivity index (χ0n) is 9.34. The molecule has 17 heavy (non-hydrogen) atoms.